The van der Waals surface area contributed by atoms with Gasteiger partial charge in [0.25, 0.3) is 0 Å². The van der Waals surface area contributed by atoms with Crippen LogP contribution in [0.5, 0.6) is 0 Å². The van der Waals surface area contributed by atoms with Crippen LogP contribution in [0.4, 0.5) is 18.0 Å². The molecular weight excluding hydrogens is 351 g/mol. The summed E-state index contributed by atoms with van der Waals surface area (Å²) in [4.78, 5) is 26.9. The van der Waals surface area contributed by atoms with E-state index >= 15 is 0 Å². The van der Waals surface area contributed by atoms with Crippen molar-refractivity contribution in [3.05, 3.63) is 36.3 Å². The fourth-order valence-electron chi connectivity index (χ4n) is 2.76. The zero-order valence-electron chi connectivity index (χ0n) is 14.5. The van der Waals surface area contributed by atoms with Crippen molar-refractivity contribution in [2.45, 2.75) is 25.9 Å². The number of nitrogens with zero attached hydrogens (tertiary/aromatic N) is 2. The Morgan fingerprint density at radius 3 is 2.58 bits per heavy atom. The van der Waals surface area contributed by atoms with Gasteiger partial charge in [-0.1, -0.05) is 0 Å². The summed E-state index contributed by atoms with van der Waals surface area (Å²) in [5, 5.41) is 1.95. The van der Waals surface area contributed by atoms with Gasteiger partial charge >= 0.3 is 12.3 Å². The molecule has 0 spiro atoms. The highest BCUT2D eigenvalue weighted by atomic mass is 19.4. The second-order valence-electron chi connectivity index (χ2n) is 5.95. The van der Waals surface area contributed by atoms with Crippen LogP contribution in [0.2, 0.25) is 0 Å². The van der Waals surface area contributed by atoms with Gasteiger partial charge in [-0.05, 0) is 38.0 Å². The zero-order valence-corrected chi connectivity index (χ0v) is 14.5. The number of nitrogens with one attached hydrogen (secondary N) is 1. The first-order valence-corrected chi connectivity index (χ1v) is 8.41. The number of hydrogen-bond donors (Lipinski definition) is 1. The van der Waals surface area contributed by atoms with E-state index in [-0.39, 0.29) is 6.61 Å². The second-order valence-corrected chi connectivity index (χ2v) is 5.95. The van der Waals surface area contributed by atoms with E-state index in [1.165, 1.54) is 4.90 Å². The van der Waals surface area contributed by atoms with Gasteiger partial charge in [-0.25, -0.2) is 4.79 Å². The molecule has 9 heteroatoms. The monoisotopic (exact) mass is 373 g/mol. The summed E-state index contributed by atoms with van der Waals surface area (Å²) in [5.41, 5.74) is 0.863. The Labute approximate surface area is 150 Å². The van der Waals surface area contributed by atoms with E-state index in [2.05, 4.69) is 0 Å². The van der Waals surface area contributed by atoms with E-state index in [0.717, 1.165) is 5.70 Å². The molecule has 144 valence electrons. The van der Waals surface area contributed by atoms with Crippen molar-refractivity contribution in [1.82, 2.24) is 15.1 Å². The molecule has 1 saturated heterocycles. The molecule has 0 aliphatic carbocycles. The molecule has 2 aliphatic rings. The Morgan fingerprint density at radius 1 is 1.27 bits per heavy atom. The van der Waals surface area contributed by atoms with Crippen molar-refractivity contribution in [3.63, 3.8) is 0 Å². The summed E-state index contributed by atoms with van der Waals surface area (Å²) < 4.78 is 41.5. The lowest BCUT2D eigenvalue weighted by molar-refractivity contribution is -0.141. The predicted octanol–water partition coefficient (Wildman–Crippen LogP) is 2.76. The number of allylic oxidation sites excluding steroid dienone is 3. The Bertz CT molecular complexity index is 606. The number of rotatable bonds is 4. The third kappa shape index (κ3) is 5.82. The molecule has 0 saturated carbocycles. The van der Waals surface area contributed by atoms with Gasteiger partial charge < -0.3 is 15.0 Å². The lowest BCUT2D eigenvalue weighted by Crippen LogP contribution is -2.42. The van der Waals surface area contributed by atoms with Gasteiger partial charge in [-0.2, -0.15) is 13.2 Å². The zero-order chi connectivity index (χ0) is 19.2. The number of alkyl halides is 3. The standard InChI is InChI=1S/C17H22F3N3O3/c1-2-26-16(25)23-8-3-4-14(7-11-23)22-9-5-13(6-10-22)15(24)21-12-17(18,19)20/h3-4,7-8,11,13H,2,5-6,9-10,12H2,1H3,(H,21,24). The van der Waals surface area contributed by atoms with Gasteiger partial charge in [-0.15, -0.1) is 0 Å². The summed E-state index contributed by atoms with van der Waals surface area (Å²) in [6, 6.07) is 0. The maximum atomic E-state index is 12.2. The first-order chi connectivity index (χ1) is 12.3. The number of ether oxygens (including phenoxy) is 1. The molecule has 1 N–H and O–H groups in total. The van der Waals surface area contributed by atoms with Gasteiger partial charge in [0.1, 0.15) is 6.54 Å². The van der Waals surface area contributed by atoms with E-state index in [0.29, 0.717) is 25.9 Å². The second kappa shape index (κ2) is 8.77. The van der Waals surface area contributed by atoms with Crippen molar-refractivity contribution in [2.75, 3.05) is 26.2 Å². The molecule has 2 amide bonds. The molecule has 0 aromatic heterocycles. The van der Waals surface area contributed by atoms with Gasteiger partial charge in [-0.3, -0.25) is 9.69 Å². The number of hydrogen-bond acceptors (Lipinski definition) is 4. The van der Waals surface area contributed by atoms with E-state index in [9.17, 15) is 22.8 Å². The van der Waals surface area contributed by atoms with Crippen LogP contribution >= 0.6 is 0 Å². The van der Waals surface area contributed by atoms with Crippen molar-refractivity contribution < 1.29 is 27.5 Å². The molecule has 2 aliphatic heterocycles. The van der Waals surface area contributed by atoms with Crippen LogP contribution in [0.1, 0.15) is 19.8 Å². The summed E-state index contributed by atoms with van der Waals surface area (Å²) in [6.07, 6.45) is 4.56. The highest BCUT2D eigenvalue weighted by Crippen LogP contribution is 2.23. The lowest BCUT2D eigenvalue weighted by Gasteiger charge is -2.33. The molecule has 0 radical (unpaired) electrons. The molecule has 1 fully saturated rings. The Morgan fingerprint density at radius 2 is 1.96 bits per heavy atom. The third-order valence-corrected chi connectivity index (χ3v) is 4.09. The van der Waals surface area contributed by atoms with Crippen molar-refractivity contribution in [1.29, 1.82) is 0 Å². The molecule has 6 nitrogen and oxygen atoms in total. The first-order valence-electron chi connectivity index (χ1n) is 8.41. The minimum absolute atomic E-state index is 0.279. The number of amides is 2. The van der Waals surface area contributed by atoms with E-state index in [4.69, 9.17) is 4.74 Å². The average molecular weight is 373 g/mol. The van der Waals surface area contributed by atoms with Gasteiger partial charge in [0.2, 0.25) is 5.91 Å². The number of carbonyl (C=O) groups excluding carboxylic acids is 2. The first kappa shape index (κ1) is 19.9. The summed E-state index contributed by atoms with van der Waals surface area (Å²) >= 11 is 0. The molecule has 26 heavy (non-hydrogen) atoms. The van der Waals surface area contributed by atoms with Crippen molar-refractivity contribution in [2.24, 2.45) is 5.92 Å². The van der Waals surface area contributed by atoms with Crippen LogP contribution in [0.15, 0.2) is 36.3 Å². The van der Waals surface area contributed by atoms with Gasteiger partial charge in [0, 0.05) is 37.1 Å². The Balaban J connectivity index is 1.85. The van der Waals surface area contributed by atoms with Gasteiger partial charge in [0.05, 0.1) is 6.61 Å². The van der Waals surface area contributed by atoms with Gasteiger partial charge in [0.15, 0.2) is 0 Å². The summed E-state index contributed by atoms with van der Waals surface area (Å²) in [6.45, 7) is 1.80. The molecule has 0 unspecified atom stereocenters. The fraction of sp³-hybridized carbons (Fsp3) is 0.529. The minimum Gasteiger partial charge on any atom is -0.449 e. The van der Waals surface area contributed by atoms with Crippen molar-refractivity contribution >= 4 is 12.0 Å². The molecule has 0 bridgehead atoms. The smallest absolute Gasteiger partial charge is 0.417 e. The molecule has 2 heterocycles. The van der Waals surface area contributed by atoms with E-state index in [1.54, 1.807) is 31.5 Å². The SMILES string of the molecule is CCOC(=O)N1C=CC=C(N2CCC(C(=O)NCC(F)(F)F)CC2)C=C1. The Hall–Kier alpha value is -2.45. The normalized spacial score (nSPS) is 18.4. The van der Waals surface area contributed by atoms with Crippen LogP contribution in [0.25, 0.3) is 0 Å². The van der Waals surface area contributed by atoms with Crippen LogP contribution in [-0.4, -0.2) is 54.2 Å². The van der Waals surface area contributed by atoms with Crippen LogP contribution in [0, 0.1) is 5.92 Å². The molecule has 0 aromatic carbocycles. The Kier molecular flexibility index (Phi) is 6.70. The average Bonchev–Trinajstić information content (AvgIpc) is 2.85. The largest absolute Gasteiger partial charge is 0.449 e. The van der Waals surface area contributed by atoms with Crippen LogP contribution in [-0.2, 0) is 9.53 Å². The molecule has 0 atom stereocenters. The lowest BCUT2D eigenvalue weighted by atomic mass is 9.95. The van der Waals surface area contributed by atoms with Crippen molar-refractivity contribution in [3.8, 4) is 0 Å². The quantitative estimate of drug-likeness (QED) is 0.823. The fourth-order valence-corrected chi connectivity index (χ4v) is 2.76. The highest BCUT2D eigenvalue weighted by molar-refractivity contribution is 5.78. The number of piperidine rings is 1. The molecular formula is C17H22F3N3O3. The van der Waals surface area contributed by atoms with Crippen LogP contribution in [0.3, 0.4) is 0 Å². The minimum atomic E-state index is -4.40. The van der Waals surface area contributed by atoms with Crippen LogP contribution < -0.4 is 5.32 Å². The number of likely N-dealkylation sites (tertiary alicyclic amines) is 1. The topological polar surface area (TPSA) is 61.9 Å². The summed E-state index contributed by atoms with van der Waals surface area (Å²) in [5.74, 6) is -0.976. The van der Waals surface area contributed by atoms with E-state index < -0.39 is 30.6 Å². The highest BCUT2D eigenvalue weighted by Gasteiger charge is 2.31. The maximum Gasteiger partial charge on any atom is 0.417 e. The maximum absolute atomic E-state index is 12.2. The third-order valence-electron chi connectivity index (χ3n) is 4.09. The predicted molar refractivity (Wildman–Crippen MR) is 88.6 cm³/mol. The summed E-state index contributed by atoms with van der Waals surface area (Å²) in [7, 11) is 0. The molecule has 0 aromatic rings. The molecule has 2 rings (SSSR count). The number of halogens is 3. The number of carbonyl (C=O) groups is 2. The van der Waals surface area contributed by atoms with E-state index in [1.807, 2.05) is 16.3 Å².